The summed E-state index contributed by atoms with van der Waals surface area (Å²) in [6.45, 7) is 5.54. The van der Waals surface area contributed by atoms with Crippen LogP contribution >= 0.6 is 11.8 Å². The van der Waals surface area contributed by atoms with Gasteiger partial charge in [-0.3, -0.25) is 29.4 Å². The zero-order valence-corrected chi connectivity index (χ0v) is 37.6. The van der Waals surface area contributed by atoms with Gasteiger partial charge in [0.2, 0.25) is 11.8 Å². The van der Waals surface area contributed by atoms with Gasteiger partial charge in [-0.15, -0.1) is 11.8 Å². The molecule has 346 valence electrons. The first kappa shape index (κ1) is 47.6. The van der Waals surface area contributed by atoms with E-state index in [1.54, 1.807) is 22.9 Å². The van der Waals surface area contributed by atoms with Crippen LogP contribution in [0.25, 0.3) is 0 Å². The number of halogens is 4. The number of carbonyl (C=O) groups excluding carboxylic acids is 4. The van der Waals surface area contributed by atoms with Crippen LogP contribution in [0.4, 0.5) is 23.2 Å². The van der Waals surface area contributed by atoms with Crippen LogP contribution < -0.4 is 15.4 Å². The number of rotatable bonds is 15. The summed E-state index contributed by atoms with van der Waals surface area (Å²) >= 11 is 1.39. The summed E-state index contributed by atoms with van der Waals surface area (Å²) in [6.07, 6.45) is 0.540. The Morgan fingerprint density at radius 2 is 1.57 bits per heavy atom. The van der Waals surface area contributed by atoms with Crippen molar-refractivity contribution in [2.75, 3.05) is 30.7 Å². The van der Waals surface area contributed by atoms with Crippen LogP contribution in [0.15, 0.2) is 106 Å². The number of piperidine rings is 1. The van der Waals surface area contributed by atoms with Gasteiger partial charge in [-0.05, 0) is 75.2 Å². The monoisotopic (exact) mass is 958 g/mol. The number of fused-ring (bicyclic) bond motifs is 1. The molecule has 21 heteroatoms. The van der Waals surface area contributed by atoms with Crippen LogP contribution in [0.3, 0.4) is 0 Å². The van der Waals surface area contributed by atoms with Crippen molar-refractivity contribution in [2.45, 2.75) is 90.6 Å². The Morgan fingerprint density at radius 1 is 0.908 bits per heavy atom. The van der Waals surface area contributed by atoms with Crippen molar-refractivity contribution in [2.24, 2.45) is 0 Å². The predicted octanol–water partition coefficient (Wildman–Crippen LogP) is 5.56. The standard InChI is InChI=1S/C44H46F4N6O8S3/c1-27-22-52(23-28(2)53(27)24-30-13-15-34-35(40(30)45)25-54(43(34)58)37-17-18-39(55)50-42(37)57)20-19-31(26-63-32-11-7-4-8-12-32)49-36-16-14-33(21-38(36)64(59,60)44(46,47)48)65(61,62)51-41(56)29-9-5-3-6-10-29/h3-16,21,27-28,31,37,49H,17-20,22-26H2,1-2H3,(H,51,56)(H,50,55,57)/t27?,28?,31-,37?/m1/s1. The van der Waals surface area contributed by atoms with Crippen molar-refractivity contribution < 1.29 is 53.6 Å². The number of alkyl halides is 3. The number of amides is 4. The van der Waals surface area contributed by atoms with E-state index in [2.05, 4.69) is 20.4 Å². The highest BCUT2D eigenvalue weighted by atomic mass is 32.2. The number of sulfone groups is 1. The molecule has 0 saturated carbocycles. The Morgan fingerprint density at radius 3 is 2.22 bits per heavy atom. The van der Waals surface area contributed by atoms with Crippen molar-refractivity contribution in [3.63, 3.8) is 0 Å². The van der Waals surface area contributed by atoms with E-state index in [-0.39, 0.29) is 60.5 Å². The fourth-order valence-corrected chi connectivity index (χ4v) is 11.4. The molecule has 4 atom stereocenters. The topological polar surface area (TPSA) is 182 Å². The number of sulfonamides is 1. The van der Waals surface area contributed by atoms with E-state index in [1.165, 1.54) is 40.9 Å². The molecule has 3 aliphatic heterocycles. The van der Waals surface area contributed by atoms with Crippen LogP contribution in [0.1, 0.15) is 65.0 Å². The Bertz CT molecular complexity index is 2680. The molecule has 2 saturated heterocycles. The average Bonchev–Trinajstić information content (AvgIpc) is 3.59. The van der Waals surface area contributed by atoms with Gasteiger partial charge < -0.3 is 15.1 Å². The molecule has 0 radical (unpaired) electrons. The van der Waals surface area contributed by atoms with Crippen molar-refractivity contribution in [3.05, 3.63) is 119 Å². The molecule has 4 aromatic carbocycles. The molecule has 0 aliphatic carbocycles. The molecule has 3 N–H and O–H groups in total. The molecule has 4 aromatic rings. The Kier molecular flexibility index (Phi) is 14.1. The number of nitrogens with one attached hydrogen (secondary N) is 3. The lowest BCUT2D eigenvalue weighted by Crippen LogP contribution is -2.56. The smallest absolute Gasteiger partial charge is 0.380 e. The Balaban J connectivity index is 1.06. The van der Waals surface area contributed by atoms with E-state index in [4.69, 9.17) is 0 Å². The molecule has 7 rings (SSSR count). The molecular formula is C44H46F4N6O8S3. The molecule has 3 unspecified atom stereocenters. The summed E-state index contributed by atoms with van der Waals surface area (Å²) in [6, 6.07) is 20.0. The second-order valence-corrected chi connectivity index (χ2v) is 20.9. The molecule has 0 bridgehead atoms. The van der Waals surface area contributed by atoms with Gasteiger partial charge in [0, 0.05) is 83.6 Å². The molecule has 4 amide bonds. The van der Waals surface area contributed by atoms with E-state index in [0.29, 0.717) is 37.7 Å². The highest BCUT2D eigenvalue weighted by molar-refractivity contribution is 7.99. The number of imide groups is 1. The number of hydrogen-bond donors (Lipinski definition) is 3. The first-order valence-corrected chi connectivity index (χ1v) is 24.6. The van der Waals surface area contributed by atoms with Crippen LogP contribution in [0, 0.1) is 5.82 Å². The van der Waals surface area contributed by atoms with E-state index >= 15 is 4.39 Å². The number of hydrogen-bond acceptors (Lipinski definition) is 12. The number of nitrogens with zero attached hydrogens (tertiary/aromatic N) is 3. The van der Waals surface area contributed by atoms with Gasteiger partial charge in [-0.25, -0.2) is 25.9 Å². The third-order valence-electron chi connectivity index (χ3n) is 11.7. The lowest BCUT2D eigenvalue weighted by Gasteiger charge is -2.45. The van der Waals surface area contributed by atoms with Gasteiger partial charge in [0.05, 0.1) is 17.1 Å². The maximum Gasteiger partial charge on any atom is 0.501 e. The zero-order chi connectivity index (χ0) is 46.8. The number of anilines is 1. The molecule has 0 spiro atoms. The average molecular weight is 959 g/mol. The van der Waals surface area contributed by atoms with Crippen LogP contribution in [0.5, 0.6) is 0 Å². The van der Waals surface area contributed by atoms with Gasteiger partial charge >= 0.3 is 5.51 Å². The van der Waals surface area contributed by atoms with Gasteiger partial charge in [-0.2, -0.15) is 13.2 Å². The van der Waals surface area contributed by atoms with Crippen molar-refractivity contribution in [1.29, 1.82) is 0 Å². The van der Waals surface area contributed by atoms with Crippen molar-refractivity contribution in [3.8, 4) is 0 Å². The summed E-state index contributed by atoms with van der Waals surface area (Å²) in [4.78, 5) is 54.4. The second-order valence-electron chi connectivity index (χ2n) is 16.3. The molecule has 2 fully saturated rings. The van der Waals surface area contributed by atoms with E-state index < -0.39 is 82.4 Å². The second kappa shape index (κ2) is 19.2. The molecule has 3 heterocycles. The predicted molar refractivity (Wildman–Crippen MR) is 233 cm³/mol. The lowest BCUT2D eigenvalue weighted by molar-refractivity contribution is -0.136. The van der Waals surface area contributed by atoms with Gasteiger partial charge in [-0.1, -0.05) is 42.5 Å². The lowest BCUT2D eigenvalue weighted by atomic mass is 10.0. The van der Waals surface area contributed by atoms with Crippen LogP contribution in [-0.2, 0) is 42.5 Å². The van der Waals surface area contributed by atoms with Crippen LogP contribution in [-0.4, -0.2) is 110 Å². The van der Waals surface area contributed by atoms with E-state index in [0.717, 1.165) is 17.0 Å². The quantitative estimate of drug-likeness (QED) is 0.0769. The third-order valence-corrected chi connectivity index (χ3v) is 15.8. The fourth-order valence-electron chi connectivity index (χ4n) is 8.37. The van der Waals surface area contributed by atoms with E-state index in [1.807, 2.05) is 44.2 Å². The van der Waals surface area contributed by atoms with Gasteiger partial charge in [0.1, 0.15) is 16.8 Å². The highest BCUT2D eigenvalue weighted by Gasteiger charge is 2.49. The first-order chi connectivity index (χ1) is 30.7. The zero-order valence-electron chi connectivity index (χ0n) is 35.2. The van der Waals surface area contributed by atoms with Crippen molar-refractivity contribution in [1.82, 2.24) is 24.7 Å². The summed E-state index contributed by atoms with van der Waals surface area (Å²) in [5, 5.41) is 5.22. The molecule has 3 aliphatic rings. The maximum atomic E-state index is 16.2. The number of benzene rings is 4. The number of thioether (sulfide) groups is 1. The Hall–Kier alpha value is -5.35. The molecule has 65 heavy (non-hydrogen) atoms. The third kappa shape index (κ3) is 10.5. The summed E-state index contributed by atoms with van der Waals surface area (Å²) < 4.78 is 113. The number of piperazine rings is 1. The highest BCUT2D eigenvalue weighted by Crippen LogP contribution is 2.37. The SMILES string of the molecule is CC1CN(CC[C@H](CSc2ccccc2)Nc2ccc(S(=O)(=O)NC(=O)c3ccccc3)cc2S(=O)(=O)C(F)(F)F)CC(C)N1Cc1ccc2c(c1F)CN(C1CCC(=O)NC1=O)C2=O. The minimum atomic E-state index is -6.12. The van der Waals surface area contributed by atoms with Crippen molar-refractivity contribution >= 4 is 60.9 Å². The van der Waals surface area contributed by atoms with Gasteiger partial charge in [0.25, 0.3) is 31.7 Å². The molecule has 0 aromatic heterocycles. The molecule has 14 nitrogen and oxygen atoms in total. The summed E-state index contributed by atoms with van der Waals surface area (Å²) in [5.41, 5.74) is -5.57. The Labute approximate surface area is 378 Å². The summed E-state index contributed by atoms with van der Waals surface area (Å²) in [5.74, 6) is -2.81. The maximum absolute atomic E-state index is 16.2. The molecular weight excluding hydrogens is 913 g/mol. The number of carbonyl (C=O) groups is 4. The summed E-state index contributed by atoms with van der Waals surface area (Å²) in [7, 11) is -11.0. The van der Waals surface area contributed by atoms with Crippen LogP contribution in [0.2, 0.25) is 0 Å². The minimum Gasteiger partial charge on any atom is -0.380 e. The largest absolute Gasteiger partial charge is 0.501 e. The van der Waals surface area contributed by atoms with E-state index in [9.17, 15) is 49.2 Å². The first-order valence-electron chi connectivity index (χ1n) is 20.7. The van der Waals surface area contributed by atoms with Gasteiger partial charge in [0.15, 0.2) is 0 Å². The normalized spacial score (nSPS) is 20.3. The fraction of sp³-hybridized carbons (Fsp3) is 0.364. The minimum absolute atomic E-state index is 0.0465.